The first-order valence-electron chi connectivity index (χ1n) is 8.60. The lowest BCUT2D eigenvalue weighted by Gasteiger charge is -2.17. The molecule has 0 spiro atoms. The SMILES string of the molecule is CC(C)C[C@H](CC(=O)[C@@H](C)Cc1cccc2ccccc12)C(=O)O. The predicted octanol–water partition coefficient (Wildman–Crippen LogP) is 4.72. The molecule has 0 aromatic heterocycles. The molecule has 3 heteroatoms. The lowest BCUT2D eigenvalue weighted by molar-refractivity contribution is -0.144. The van der Waals surface area contributed by atoms with Crippen molar-refractivity contribution >= 4 is 22.5 Å². The number of benzene rings is 2. The maximum atomic E-state index is 12.5. The molecule has 0 unspecified atom stereocenters. The molecule has 24 heavy (non-hydrogen) atoms. The molecule has 0 bridgehead atoms. The van der Waals surface area contributed by atoms with Crippen molar-refractivity contribution in [1.82, 2.24) is 0 Å². The predicted molar refractivity (Wildman–Crippen MR) is 97.0 cm³/mol. The van der Waals surface area contributed by atoms with E-state index in [1.807, 2.05) is 39.0 Å². The van der Waals surface area contributed by atoms with Crippen LogP contribution in [0.3, 0.4) is 0 Å². The maximum Gasteiger partial charge on any atom is 0.306 e. The van der Waals surface area contributed by atoms with Crippen LogP contribution in [0.25, 0.3) is 10.8 Å². The van der Waals surface area contributed by atoms with E-state index in [1.165, 1.54) is 0 Å². The Kier molecular flexibility index (Phi) is 6.13. The second-order valence-corrected chi connectivity index (χ2v) is 7.08. The van der Waals surface area contributed by atoms with E-state index >= 15 is 0 Å². The normalized spacial score (nSPS) is 13.8. The summed E-state index contributed by atoms with van der Waals surface area (Å²) in [5, 5.41) is 11.7. The first-order valence-corrected chi connectivity index (χ1v) is 8.60. The van der Waals surface area contributed by atoms with Crippen LogP contribution in [0.1, 0.15) is 39.2 Å². The van der Waals surface area contributed by atoms with Gasteiger partial charge in [-0.2, -0.15) is 0 Å². The summed E-state index contributed by atoms with van der Waals surface area (Å²) in [5.41, 5.74) is 1.14. The van der Waals surface area contributed by atoms with Gasteiger partial charge < -0.3 is 5.11 Å². The van der Waals surface area contributed by atoms with Gasteiger partial charge in [0.05, 0.1) is 5.92 Å². The minimum Gasteiger partial charge on any atom is -0.481 e. The molecule has 2 aromatic rings. The highest BCUT2D eigenvalue weighted by Crippen LogP contribution is 2.24. The molecule has 0 fully saturated rings. The number of aliphatic carboxylic acids is 1. The average molecular weight is 326 g/mol. The van der Waals surface area contributed by atoms with Gasteiger partial charge in [-0.15, -0.1) is 0 Å². The molecule has 0 saturated heterocycles. The molecule has 2 atom stereocenters. The van der Waals surface area contributed by atoms with Gasteiger partial charge in [0.2, 0.25) is 0 Å². The Morgan fingerprint density at radius 3 is 2.33 bits per heavy atom. The van der Waals surface area contributed by atoms with Crippen LogP contribution in [0.2, 0.25) is 0 Å². The Bertz CT molecular complexity index is 713. The van der Waals surface area contributed by atoms with Gasteiger partial charge in [-0.25, -0.2) is 0 Å². The maximum absolute atomic E-state index is 12.5. The van der Waals surface area contributed by atoms with Crippen LogP contribution in [-0.4, -0.2) is 16.9 Å². The third-order valence-corrected chi connectivity index (χ3v) is 4.51. The number of Topliss-reactive ketones (excluding diaryl/α,β-unsaturated/α-hetero) is 1. The molecular formula is C21H26O3. The summed E-state index contributed by atoms with van der Waals surface area (Å²) in [6, 6.07) is 14.3. The molecule has 3 nitrogen and oxygen atoms in total. The van der Waals surface area contributed by atoms with Crippen molar-refractivity contribution in [3.05, 3.63) is 48.0 Å². The van der Waals surface area contributed by atoms with Crippen LogP contribution in [-0.2, 0) is 16.0 Å². The fraction of sp³-hybridized carbons (Fsp3) is 0.429. The zero-order chi connectivity index (χ0) is 17.7. The smallest absolute Gasteiger partial charge is 0.306 e. The topological polar surface area (TPSA) is 54.4 Å². The minimum absolute atomic E-state index is 0.0379. The second-order valence-electron chi connectivity index (χ2n) is 7.08. The number of ketones is 1. The molecule has 0 saturated carbocycles. The first-order chi connectivity index (χ1) is 11.4. The number of carbonyl (C=O) groups excluding carboxylic acids is 1. The summed E-state index contributed by atoms with van der Waals surface area (Å²) in [6.45, 7) is 5.87. The van der Waals surface area contributed by atoms with Crippen molar-refractivity contribution in [1.29, 1.82) is 0 Å². The van der Waals surface area contributed by atoms with Crippen molar-refractivity contribution in [2.45, 2.75) is 40.0 Å². The average Bonchev–Trinajstić information content (AvgIpc) is 2.54. The van der Waals surface area contributed by atoms with Gasteiger partial charge in [-0.05, 0) is 35.1 Å². The van der Waals surface area contributed by atoms with Gasteiger partial charge in [0.1, 0.15) is 5.78 Å². The van der Waals surface area contributed by atoms with Crippen molar-refractivity contribution in [3.63, 3.8) is 0 Å². The third kappa shape index (κ3) is 4.67. The highest BCUT2D eigenvalue weighted by Gasteiger charge is 2.25. The Morgan fingerprint density at radius 1 is 1.00 bits per heavy atom. The lowest BCUT2D eigenvalue weighted by Crippen LogP contribution is -2.24. The largest absolute Gasteiger partial charge is 0.481 e. The Morgan fingerprint density at radius 2 is 1.67 bits per heavy atom. The van der Waals surface area contributed by atoms with Gasteiger partial charge >= 0.3 is 5.97 Å². The van der Waals surface area contributed by atoms with E-state index < -0.39 is 11.9 Å². The van der Waals surface area contributed by atoms with E-state index in [4.69, 9.17) is 0 Å². The summed E-state index contributed by atoms with van der Waals surface area (Å²) in [6.07, 6.45) is 1.32. The number of hydrogen-bond acceptors (Lipinski definition) is 2. The lowest BCUT2D eigenvalue weighted by atomic mass is 9.86. The zero-order valence-electron chi connectivity index (χ0n) is 14.7. The monoisotopic (exact) mass is 326 g/mol. The van der Waals surface area contributed by atoms with Gasteiger partial charge in [0, 0.05) is 12.3 Å². The van der Waals surface area contributed by atoms with Crippen molar-refractivity contribution in [2.24, 2.45) is 17.8 Å². The molecule has 2 aromatic carbocycles. The molecule has 1 N–H and O–H groups in total. The summed E-state index contributed by atoms with van der Waals surface area (Å²) >= 11 is 0. The van der Waals surface area contributed by atoms with Crippen molar-refractivity contribution < 1.29 is 14.7 Å². The standard InChI is InChI=1S/C21H26O3/c1-14(2)11-18(21(23)24)13-20(22)15(3)12-17-9-6-8-16-7-4-5-10-19(16)17/h4-10,14-15,18H,11-13H2,1-3H3,(H,23,24)/t15-,18+/m0/s1. The molecule has 0 amide bonds. The van der Waals surface area contributed by atoms with E-state index in [9.17, 15) is 14.7 Å². The molecule has 0 aliphatic carbocycles. The first kappa shape index (κ1) is 18.2. The molecule has 0 aliphatic rings. The summed E-state index contributed by atoms with van der Waals surface area (Å²) in [5.74, 6) is -1.31. The number of carbonyl (C=O) groups is 2. The van der Waals surface area contributed by atoms with E-state index in [-0.39, 0.29) is 24.0 Å². The van der Waals surface area contributed by atoms with E-state index in [1.54, 1.807) is 0 Å². The van der Waals surface area contributed by atoms with Crippen LogP contribution in [0, 0.1) is 17.8 Å². The number of hydrogen-bond donors (Lipinski definition) is 1. The quantitative estimate of drug-likeness (QED) is 0.763. The van der Waals surface area contributed by atoms with Crippen LogP contribution >= 0.6 is 0 Å². The fourth-order valence-electron chi connectivity index (χ4n) is 3.20. The zero-order valence-corrected chi connectivity index (χ0v) is 14.7. The van der Waals surface area contributed by atoms with Crippen LogP contribution in [0.5, 0.6) is 0 Å². The number of rotatable bonds is 8. The molecular weight excluding hydrogens is 300 g/mol. The third-order valence-electron chi connectivity index (χ3n) is 4.51. The van der Waals surface area contributed by atoms with Gasteiger partial charge in [-0.1, -0.05) is 63.2 Å². The van der Waals surface area contributed by atoms with Crippen LogP contribution in [0.4, 0.5) is 0 Å². The number of fused-ring (bicyclic) bond motifs is 1. The highest BCUT2D eigenvalue weighted by molar-refractivity contribution is 5.88. The van der Waals surface area contributed by atoms with Gasteiger partial charge in [-0.3, -0.25) is 9.59 Å². The van der Waals surface area contributed by atoms with E-state index in [0.717, 1.165) is 16.3 Å². The molecule has 0 radical (unpaired) electrons. The van der Waals surface area contributed by atoms with Gasteiger partial charge in [0.25, 0.3) is 0 Å². The Hall–Kier alpha value is -2.16. The molecule has 128 valence electrons. The van der Waals surface area contributed by atoms with E-state index in [2.05, 4.69) is 24.3 Å². The van der Waals surface area contributed by atoms with Gasteiger partial charge in [0.15, 0.2) is 0 Å². The summed E-state index contributed by atoms with van der Waals surface area (Å²) < 4.78 is 0. The summed E-state index contributed by atoms with van der Waals surface area (Å²) in [4.78, 5) is 23.9. The summed E-state index contributed by atoms with van der Waals surface area (Å²) in [7, 11) is 0. The Balaban J connectivity index is 2.09. The van der Waals surface area contributed by atoms with Crippen LogP contribution < -0.4 is 0 Å². The molecule has 2 rings (SSSR count). The van der Waals surface area contributed by atoms with Crippen molar-refractivity contribution in [3.8, 4) is 0 Å². The fourth-order valence-corrected chi connectivity index (χ4v) is 3.20. The van der Waals surface area contributed by atoms with E-state index in [0.29, 0.717) is 12.8 Å². The van der Waals surface area contributed by atoms with Crippen molar-refractivity contribution in [2.75, 3.05) is 0 Å². The molecule has 0 aliphatic heterocycles. The highest BCUT2D eigenvalue weighted by atomic mass is 16.4. The molecule has 0 heterocycles. The number of carboxylic acid groups (broad SMARTS) is 1. The Labute approximate surface area is 143 Å². The minimum atomic E-state index is -0.866. The van der Waals surface area contributed by atoms with Crippen LogP contribution in [0.15, 0.2) is 42.5 Å². The second kappa shape index (κ2) is 8.09. The number of carboxylic acids is 1.